The van der Waals surface area contributed by atoms with Gasteiger partial charge in [0.15, 0.2) is 0 Å². The quantitative estimate of drug-likeness (QED) is 0.350. The van der Waals surface area contributed by atoms with Crippen LogP contribution in [0.4, 0.5) is 0 Å². The Kier molecular flexibility index (Phi) is 6.32. The zero-order chi connectivity index (χ0) is 18.9. The molecule has 0 aromatic rings. The number of nitrogens with zero attached hydrogens (tertiary/aromatic N) is 2. The lowest BCUT2D eigenvalue weighted by atomic mass is 9.68. The van der Waals surface area contributed by atoms with Gasteiger partial charge in [-0.1, -0.05) is 46.1 Å². The second kappa shape index (κ2) is 8.93. The number of carbonyl (C=O) groups excluding carboxylic acids is 1. The van der Waals surface area contributed by atoms with Gasteiger partial charge in [0, 0.05) is 36.6 Å². The first kappa shape index (κ1) is 19.8. The van der Waals surface area contributed by atoms with E-state index in [1.807, 2.05) is 10.8 Å². The molecule has 5 aliphatic rings. The number of fused-ring (bicyclic) bond motifs is 6. The van der Waals surface area contributed by atoms with E-state index in [0.29, 0.717) is 17.9 Å². The summed E-state index contributed by atoms with van der Waals surface area (Å²) < 4.78 is 0. The lowest BCUT2D eigenvalue weighted by Gasteiger charge is -2.54. The van der Waals surface area contributed by atoms with Crippen molar-refractivity contribution in [1.29, 1.82) is 0 Å². The van der Waals surface area contributed by atoms with E-state index in [0.717, 1.165) is 36.6 Å². The van der Waals surface area contributed by atoms with Crippen LogP contribution in [-0.2, 0) is 4.79 Å². The van der Waals surface area contributed by atoms with Crippen LogP contribution in [0.3, 0.4) is 0 Å². The molecular weight excluding hydrogens is 384 g/mol. The van der Waals surface area contributed by atoms with E-state index < -0.39 is 0 Å². The van der Waals surface area contributed by atoms with E-state index >= 15 is 0 Å². The van der Waals surface area contributed by atoms with Crippen molar-refractivity contribution in [2.75, 3.05) is 25.4 Å². The molecule has 156 valence electrons. The predicted molar refractivity (Wildman–Crippen MR) is 121 cm³/mol. The molecule has 28 heavy (non-hydrogen) atoms. The fraction of sp³-hybridized carbons (Fsp3) is 0.870. The van der Waals surface area contributed by atoms with Crippen LogP contribution in [-0.4, -0.2) is 58.4 Å². The molecule has 1 amide bonds. The Morgan fingerprint density at radius 1 is 1.14 bits per heavy atom. The van der Waals surface area contributed by atoms with Gasteiger partial charge < -0.3 is 4.90 Å². The highest BCUT2D eigenvalue weighted by molar-refractivity contribution is 8.77. The minimum absolute atomic E-state index is 0.433. The third kappa shape index (κ3) is 4.05. The predicted octanol–water partition coefficient (Wildman–Crippen LogP) is 5.12. The summed E-state index contributed by atoms with van der Waals surface area (Å²) in [6.45, 7) is 3.53. The van der Waals surface area contributed by atoms with Crippen LogP contribution in [0.2, 0.25) is 0 Å². The molecule has 4 aliphatic heterocycles. The van der Waals surface area contributed by atoms with Gasteiger partial charge in [-0.25, -0.2) is 0 Å². The van der Waals surface area contributed by atoms with Crippen molar-refractivity contribution < 1.29 is 4.79 Å². The van der Waals surface area contributed by atoms with Crippen molar-refractivity contribution in [3.63, 3.8) is 0 Å². The highest BCUT2D eigenvalue weighted by Crippen LogP contribution is 2.45. The van der Waals surface area contributed by atoms with Crippen LogP contribution >= 0.6 is 21.6 Å². The summed E-state index contributed by atoms with van der Waals surface area (Å²) in [5.41, 5.74) is 1.63. The Balaban J connectivity index is 1.21. The highest BCUT2D eigenvalue weighted by Gasteiger charge is 2.46. The summed E-state index contributed by atoms with van der Waals surface area (Å²) >= 11 is 0. The van der Waals surface area contributed by atoms with Crippen molar-refractivity contribution in [1.82, 2.24) is 9.80 Å². The second-order valence-corrected chi connectivity index (χ2v) is 12.5. The van der Waals surface area contributed by atoms with E-state index in [2.05, 4.69) is 26.7 Å². The summed E-state index contributed by atoms with van der Waals surface area (Å²) in [5, 5.41) is 0.847. The number of amides is 1. The molecule has 0 aromatic heterocycles. The number of carbonyl (C=O) groups is 1. The average molecular weight is 421 g/mol. The monoisotopic (exact) mass is 420 g/mol. The number of hydrogen-bond acceptors (Lipinski definition) is 4. The Hall–Kier alpha value is -0.130. The molecule has 0 aromatic carbocycles. The number of piperidine rings is 3. The SMILES string of the molecule is O=C(CCCCC1CCSS1)N1CCCC2=CC3CC(CN4CCCCC34)C21. The molecule has 5 heteroatoms. The topological polar surface area (TPSA) is 23.6 Å². The first-order valence-electron chi connectivity index (χ1n) is 11.8. The van der Waals surface area contributed by atoms with Gasteiger partial charge in [0.1, 0.15) is 0 Å². The Labute approximate surface area is 178 Å². The summed E-state index contributed by atoms with van der Waals surface area (Å²) in [7, 11) is 4.10. The lowest BCUT2D eigenvalue weighted by Crippen LogP contribution is -2.60. The Morgan fingerprint density at radius 2 is 2.11 bits per heavy atom. The number of unbranched alkanes of at least 4 members (excludes halogenated alkanes) is 1. The fourth-order valence-electron chi connectivity index (χ4n) is 6.61. The highest BCUT2D eigenvalue weighted by atomic mass is 33.1. The van der Waals surface area contributed by atoms with Gasteiger partial charge in [-0.3, -0.25) is 9.69 Å². The molecule has 1 aliphatic carbocycles. The van der Waals surface area contributed by atoms with Crippen molar-refractivity contribution >= 4 is 27.5 Å². The van der Waals surface area contributed by atoms with Gasteiger partial charge >= 0.3 is 0 Å². The summed E-state index contributed by atoms with van der Waals surface area (Å²) in [4.78, 5) is 18.3. The first-order chi connectivity index (χ1) is 13.8. The van der Waals surface area contributed by atoms with E-state index in [1.165, 1.54) is 76.6 Å². The fourth-order valence-corrected chi connectivity index (χ4v) is 9.64. The van der Waals surface area contributed by atoms with Crippen molar-refractivity contribution in [2.24, 2.45) is 11.8 Å². The number of hydrogen-bond donors (Lipinski definition) is 0. The standard InChI is InChI=1S/C23H36N2OS2/c26-22(9-2-1-7-20-10-13-27-28-20)25-12-5-6-17-14-18-15-19(23(17)25)16-24-11-4-3-8-21(18)24/h14,18-21,23H,1-13,15-16H2. The molecule has 5 unspecified atom stereocenters. The molecule has 0 N–H and O–H groups in total. The van der Waals surface area contributed by atoms with Crippen LogP contribution in [0.5, 0.6) is 0 Å². The van der Waals surface area contributed by atoms with E-state index in [1.54, 1.807) is 5.57 Å². The summed E-state index contributed by atoms with van der Waals surface area (Å²) in [6.07, 6.45) is 16.3. The number of likely N-dealkylation sites (tertiary alicyclic amines) is 1. The molecule has 2 bridgehead atoms. The van der Waals surface area contributed by atoms with Crippen LogP contribution in [0.15, 0.2) is 11.6 Å². The molecule has 4 saturated heterocycles. The molecule has 3 nitrogen and oxygen atoms in total. The van der Waals surface area contributed by atoms with Gasteiger partial charge in [0.25, 0.3) is 0 Å². The first-order valence-corrected chi connectivity index (χ1v) is 14.2. The van der Waals surface area contributed by atoms with Crippen molar-refractivity contribution in [3.8, 4) is 0 Å². The summed E-state index contributed by atoms with van der Waals surface area (Å²) in [6, 6.07) is 1.23. The molecule has 5 rings (SSSR count). The largest absolute Gasteiger partial charge is 0.336 e. The minimum Gasteiger partial charge on any atom is -0.336 e. The molecule has 0 radical (unpaired) electrons. The zero-order valence-electron chi connectivity index (χ0n) is 17.2. The van der Waals surface area contributed by atoms with Crippen LogP contribution in [0, 0.1) is 11.8 Å². The van der Waals surface area contributed by atoms with Gasteiger partial charge in [0.05, 0.1) is 6.04 Å². The van der Waals surface area contributed by atoms with E-state index in [9.17, 15) is 4.79 Å². The minimum atomic E-state index is 0.433. The maximum atomic E-state index is 13.2. The number of rotatable bonds is 5. The second-order valence-electron chi connectivity index (χ2n) is 9.67. The third-order valence-electron chi connectivity index (χ3n) is 7.87. The van der Waals surface area contributed by atoms with Crippen molar-refractivity contribution in [2.45, 2.75) is 88.0 Å². The van der Waals surface area contributed by atoms with Crippen LogP contribution in [0.1, 0.15) is 70.6 Å². The maximum absolute atomic E-state index is 13.2. The van der Waals surface area contributed by atoms with Gasteiger partial charge in [-0.2, -0.15) is 0 Å². The van der Waals surface area contributed by atoms with Gasteiger partial charge in [0.2, 0.25) is 5.91 Å². The smallest absolute Gasteiger partial charge is 0.223 e. The lowest BCUT2D eigenvalue weighted by molar-refractivity contribution is -0.136. The maximum Gasteiger partial charge on any atom is 0.223 e. The normalized spacial score (nSPS) is 37.9. The molecule has 0 spiro atoms. The van der Waals surface area contributed by atoms with Crippen molar-refractivity contribution in [3.05, 3.63) is 11.6 Å². The Bertz CT molecular complexity index is 603. The van der Waals surface area contributed by atoms with Crippen LogP contribution < -0.4 is 0 Å². The molecular formula is C23H36N2OS2. The Morgan fingerprint density at radius 3 is 3.00 bits per heavy atom. The average Bonchev–Trinajstić information content (AvgIpc) is 3.24. The third-order valence-corrected chi connectivity index (χ3v) is 10.9. The molecule has 4 heterocycles. The van der Waals surface area contributed by atoms with E-state index in [-0.39, 0.29) is 0 Å². The molecule has 4 fully saturated rings. The zero-order valence-corrected chi connectivity index (χ0v) is 18.8. The van der Waals surface area contributed by atoms with Gasteiger partial charge in [-0.05, 0) is 69.7 Å². The van der Waals surface area contributed by atoms with Crippen LogP contribution in [0.25, 0.3) is 0 Å². The van der Waals surface area contributed by atoms with E-state index in [4.69, 9.17) is 0 Å². The molecule has 0 saturated carbocycles. The van der Waals surface area contributed by atoms with Gasteiger partial charge in [-0.15, -0.1) is 0 Å². The molecule has 5 atom stereocenters. The summed E-state index contributed by atoms with van der Waals surface area (Å²) in [5.74, 6) is 3.22.